The highest BCUT2D eigenvalue weighted by atomic mass is 16.2. The molecule has 10 nitrogen and oxygen atoms in total. The van der Waals surface area contributed by atoms with Crippen molar-refractivity contribution < 1.29 is 19.2 Å². The average Bonchev–Trinajstić information content (AvgIpc) is 3.64. The number of likely N-dealkylation sites (tertiary alicyclic amines) is 1. The molecule has 5 rings (SSSR count). The number of hydrogen-bond donors (Lipinski definition) is 2. The molecule has 0 spiro atoms. The van der Waals surface area contributed by atoms with Crippen LogP contribution in [0.3, 0.4) is 0 Å². The van der Waals surface area contributed by atoms with E-state index >= 15 is 0 Å². The summed E-state index contributed by atoms with van der Waals surface area (Å²) in [5.41, 5.74) is 3.82. The van der Waals surface area contributed by atoms with Gasteiger partial charge in [-0.1, -0.05) is 74.0 Å². The van der Waals surface area contributed by atoms with Gasteiger partial charge in [-0.05, 0) is 73.4 Å². The third-order valence-electron chi connectivity index (χ3n) is 8.57. The van der Waals surface area contributed by atoms with E-state index in [1.165, 1.54) is 12.4 Å². The quantitative estimate of drug-likeness (QED) is 0.199. The smallest absolute Gasteiger partial charge is 0.247 e. The minimum absolute atomic E-state index is 0.0590. The van der Waals surface area contributed by atoms with Gasteiger partial charge in [0.25, 0.3) is 0 Å². The molecule has 10 heteroatoms. The summed E-state index contributed by atoms with van der Waals surface area (Å²) in [5, 5.41) is 5.75. The van der Waals surface area contributed by atoms with E-state index in [0.717, 1.165) is 30.4 Å². The molecule has 50 heavy (non-hydrogen) atoms. The monoisotopic (exact) mass is 670 g/mol. The number of aromatic nitrogens is 2. The second-order valence-electron chi connectivity index (χ2n) is 12.3. The SMILES string of the molecule is CCCCN(C(=O)Cc1ccccc1)C(C)C(=O)Nc1ccc(C#Cc2ccc(NC(=O)C3CCCN3C(=O)Cc3ccccc3)cn2)nc1. The van der Waals surface area contributed by atoms with Crippen molar-refractivity contribution >= 4 is 35.0 Å². The van der Waals surface area contributed by atoms with E-state index in [-0.39, 0.29) is 36.5 Å². The lowest BCUT2D eigenvalue weighted by Crippen LogP contribution is -2.46. The van der Waals surface area contributed by atoms with Crippen molar-refractivity contribution in [3.63, 3.8) is 0 Å². The molecule has 2 aromatic heterocycles. The first-order valence-electron chi connectivity index (χ1n) is 17.0. The minimum atomic E-state index is -0.657. The Morgan fingerprint density at radius 2 is 1.40 bits per heavy atom. The lowest BCUT2D eigenvalue weighted by atomic mass is 10.1. The van der Waals surface area contributed by atoms with E-state index in [1.807, 2.05) is 60.7 Å². The molecule has 2 aromatic carbocycles. The summed E-state index contributed by atoms with van der Waals surface area (Å²) < 4.78 is 0. The number of pyridine rings is 2. The van der Waals surface area contributed by atoms with Crippen LogP contribution in [0.4, 0.5) is 11.4 Å². The summed E-state index contributed by atoms with van der Waals surface area (Å²) in [6, 6.07) is 24.7. The minimum Gasteiger partial charge on any atom is -0.331 e. The van der Waals surface area contributed by atoms with E-state index in [2.05, 4.69) is 39.4 Å². The fourth-order valence-electron chi connectivity index (χ4n) is 5.77. The topological polar surface area (TPSA) is 125 Å². The van der Waals surface area contributed by atoms with Crippen molar-refractivity contribution in [2.45, 2.75) is 64.5 Å². The third kappa shape index (κ3) is 9.86. The highest BCUT2D eigenvalue weighted by Gasteiger charge is 2.34. The van der Waals surface area contributed by atoms with Crippen LogP contribution in [0.2, 0.25) is 0 Å². The molecule has 1 aliphatic heterocycles. The van der Waals surface area contributed by atoms with Gasteiger partial charge < -0.3 is 20.4 Å². The molecule has 1 saturated heterocycles. The number of hydrogen-bond acceptors (Lipinski definition) is 6. The van der Waals surface area contributed by atoms with Crippen molar-refractivity contribution in [3.05, 3.63) is 120 Å². The second-order valence-corrected chi connectivity index (χ2v) is 12.3. The molecule has 0 saturated carbocycles. The van der Waals surface area contributed by atoms with Crippen LogP contribution in [-0.4, -0.2) is 68.6 Å². The summed E-state index contributed by atoms with van der Waals surface area (Å²) >= 11 is 0. The molecule has 2 N–H and O–H groups in total. The zero-order valence-electron chi connectivity index (χ0n) is 28.5. The van der Waals surface area contributed by atoms with Gasteiger partial charge in [0.15, 0.2) is 0 Å². The number of carbonyl (C=O) groups is 4. The van der Waals surface area contributed by atoms with Gasteiger partial charge in [0.2, 0.25) is 23.6 Å². The van der Waals surface area contributed by atoms with Gasteiger partial charge in [0, 0.05) is 13.1 Å². The van der Waals surface area contributed by atoms with Crippen LogP contribution in [0.15, 0.2) is 97.3 Å². The van der Waals surface area contributed by atoms with E-state index < -0.39 is 12.1 Å². The second kappa shape index (κ2) is 17.5. The maximum atomic E-state index is 13.1. The molecular weight excluding hydrogens is 628 g/mol. The van der Waals surface area contributed by atoms with Crippen LogP contribution < -0.4 is 10.6 Å². The maximum absolute atomic E-state index is 13.1. The number of nitrogens with zero attached hydrogens (tertiary/aromatic N) is 4. The molecule has 0 radical (unpaired) electrons. The van der Waals surface area contributed by atoms with E-state index in [1.54, 1.807) is 41.0 Å². The van der Waals surface area contributed by atoms with Gasteiger partial charge in [-0.3, -0.25) is 19.2 Å². The van der Waals surface area contributed by atoms with E-state index in [4.69, 9.17) is 0 Å². The number of benzene rings is 2. The molecule has 2 atom stereocenters. The summed E-state index contributed by atoms with van der Waals surface area (Å²) in [5.74, 6) is 5.26. The summed E-state index contributed by atoms with van der Waals surface area (Å²) in [6.07, 6.45) is 6.67. The van der Waals surface area contributed by atoms with Crippen molar-refractivity contribution in [3.8, 4) is 11.8 Å². The highest BCUT2D eigenvalue weighted by Crippen LogP contribution is 2.21. The van der Waals surface area contributed by atoms with Crippen LogP contribution in [-0.2, 0) is 32.0 Å². The highest BCUT2D eigenvalue weighted by molar-refractivity contribution is 5.98. The Labute approximate surface area is 293 Å². The van der Waals surface area contributed by atoms with E-state index in [0.29, 0.717) is 42.3 Å². The van der Waals surface area contributed by atoms with Crippen LogP contribution in [0.25, 0.3) is 0 Å². The fraction of sp³-hybridized carbons (Fsp3) is 0.300. The van der Waals surface area contributed by atoms with Crippen molar-refractivity contribution in [2.75, 3.05) is 23.7 Å². The molecule has 256 valence electrons. The molecule has 0 bridgehead atoms. The van der Waals surface area contributed by atoms with Crippen LogP contribution >= 0.6 is 0 Å². The Morgan fingerprint density at radius 1 is 0.820 bits per heavy atom. The zero-order valence-corrected chi connectivity index (χ0v) is 28.5. The van der Waals surface area contributed by atoms with Crippen molar-refractivity contribution in [1.29, 1.82) is 0 Å². The van der Waals surface area contributed by atoms with Gasteiger partial charge in [-0.2, -0.15) is 0 Å². The Bertz CT molecular complexity index is 1820. The Hall–Kier alpha value is -5.82. The summed E-state index contributed by atoms with van der Waals surface area (Å²) in [6.45, 7) is 4.85. The number of unbranched alkanes of at least 4 members (excludes halogenated alkanes) is 1. The number of nitrogens with one attached hydrogen (secondary N) is 2. The lowest BCUT2D eigenvalue weighted by molar-refractivity contribution is -0.137. The standard InChI is InChI=1S/C40H42N6O4/c1-3-4-23-45(37(47)25-30-12-7-5-8-13-30)29(2)39(49)43-34-21-19-32(41-27-34)17-18-33-20-22-35(28-42-33)44-40(50)36-16-11-24-46(36)38(48)26-31-14-9-6-10-15-31/h5-10,12-15,19-22,27-29,36H,3-4,11,16,23-26H2,1-2H3,(H,43,49)(H,44,50). The molecule has 0 aliphatic carbocycles. The lowest BCUT2D eigenvalue weighted by Gasteiger charge is -2.28. The molecule has 1 fully saturated rings. The average molecular weight is 671 g/mol. The Morgan fingerprint density at radius 3 is 1.96 bits per heavy atom. The molecule has 3 heterocycles. The Balaban J connectivity index is 1.13. The van der Waals surface area contributed by atoms with Crippen LogP contribution in [0.1, 0.15) is 62.0 Å². The van der Waals surface area contributed by atoms with Gasteiger partial charge in [-0.25, -0.2) is 9.97 Å². The van der Waals surface area contributed by atoms with Crippen LogP contribution in [0, 0.1) is 11.8 Å². The van der Waals surface area contributed by atoms with Gasteiger partial charge in [0.1, 0.15) is 23.5 Å². The summed E-state index contributed by atoms with van der Waals surface area (Å²) in [7, 11) is 0. The molecule has 2 unspecified atom stereocenters. The number of carbonyl (C=O) groups excluding carboxylic acids is 4. The normalized spacial score (nSPS) is 14.2. The number of anilines is 2. The van der Waals surface area contributed by atoms with Gasteiger partial charge in [0.05, 0.1) is 36.6 Å². The molecule has 4 amide bonds. The first-order valence-corrected chi connectivity index (χ1v) is 17.0. The third-order valence-corrected chi connectivity index (χ3v) is 8.57. The van der Waals surface area contributed by atoms with Gasteiger partial charge >= 0.3 is 0 Å². The van der Waals surface area contributed by atoms with Crippen LogP contribution in [0.5, 0.6) is 0 Å². The van der Waals surface area contributed by atoms with Crippen molar-refractivity contribution in [1.82, 2.24) is 19.8 Å². The molecular formula is C40H42N6O4. The zero-order chi connectivity index (χ0) is 35.3. The number of rotatable bonds is 12. The fourth-order valence-corrected chi connectivity index (χ4v) is 5.77. The summed E-state index contributed by atoms with van der Waals surface area (Å²) in [4.78, 5) is 64.3. The predicted octanol–water partition coefficient (Wildman–Crippen LogP) is 5.25. The first kappa shape index (κ1) is 35.5. The Kier molecular flexibility index (Phi) is 12.4. The first-order chi connectivity index (χ1) is 24.3. The van der Waals surface area contributed by atoms with Gasteiger partial charge in [-0.15, -0.1) is 0 Å². The van der Waals surface area contributed by atoms with E-state index in [9.17, 15) is 19.2 Å². The maximum Gasteiger partial charge on any atom is 0.247 e. The largest absolute Gasteiger partial charge is 0.331 e. The predicted molar refractivity (Wildman–Crippen MR) is 193 cm³/mol. The molecule has 1 aliphatic rings. The molecule has 4 aromatic rings. The number of amides is 4. The van der Waals surface area contributed by atoms with Crippen molar-refractivity contribution in [2.24, 2.45) is 0 Å².